The van der Waals surface area contributed by atoms with E-state index in [1.54, 1.807) is 6.07 Å². The quantitative estimate of drug-likeness (QED) is 0.836. The predicted molar refractivity (Wildman–Crippen MR) is 78.9 cm³/mol. The van der Waals surface area contributed by atoms with Gasteiger partial charge in [-0.25, -0.2) is 4.39 Å². The van der Waals surface area contributed by atoms with Gasteiger partial charge in [0.05, 0.1) is 0 Å². The van der Waals surface area contributed by atoms with Gasteiger partial charge in [-0.2, -0.15) is 0 Å². The second-order valence-corrected chi connectivity index (χ2v) is 7.20. The zero-order chi connectivity index (χ0) is 14.4. The zero-order valence-electron chi connectivity index (χ0n) is 12.3. The monoisotopic (exact) mass is 283 g/mol. The van der Waals surface area contributed by atoms with Gasteiger partial charge in [-0.1, -0.05) is 45.4 Å². The summed E-state index contributed by atoms with van der Waals surface area (Å²) >= 11 is 6.09. The van der Waals surface area contributed by atoms with Crippen LogP contribution in [0.5, 0.6) is 0 Å². The molecule has 1 unspecified atom stereocenters. The van der Waals surface area contributed by atoms with Gasteiger partial charge >= 0.3 is 0 Å². The van der Waals surface area contributed by atoms with Crippen molar-refractivity contribution in [3.63, 3.8) is 0 Å². The standard InChI is InChI=1S/C16H23ClFN/c1-10(12-7-6-11(18)8-13(12)17)19-9-14-15(2,3)16(14,4)5/h6-8,10,14,19H,9H2,1-5H3. The van der Waals surface area contributed by atoms with E-state index in [-0.39, 0.29) is 11.9 Å². The Morgan fingerprint density at radius 2 is 1.84 bits per heavy atom. The van der Waals surface area contributed by atoms with Crippen LogP contribution in [0.15, 0.2) is 18.2 Å². The number of rotatable bonds is 4. The third-order valence-electron chi connectivity index (χ3n) is 5.38. The molecule has 0 bridgehead atoms. The van der Waals surface area contributed by atoms with Crippen molar-refractivity contribution in [3.8, 4) is 0 Å². The van der Waals surface area contributed by atoms with E-state index in [9.17, 15) is 4.39 Å². The molecule has 106 valence electrons. The third kappa shape index (κ3) is 2.53. The Morgan fingerprint density at radius 1 is 1.26 bits per heavy atom. The first-order valence-corrected chi connectivity index (χ1v) is 7.24. The summed E-state index contributed by atoms with van der Waals surface area (Å²) in [6.07, 6.45) is 0. The van der Waals surface area contributed by atoms with Crippen molar-refractivity contribution < 1.29 is 4.39 Å². The number of hydrogen-bond donors (Lipinski definition) is 1. The van der Waals surface area contributed by atoms with E-state index < -0.39 is 0 Å². The van der Waals surface area contributed by atoms with Crippen LogP contribution in [-0.4, -0.2) is 6.54 Å². The highest BCUT2D eigenvalue weighted by Gasteiger charge is 2.63. The fourth-order valence-electron chi connectivity index (χ4n) is 3.10. The van der Waals surface area contributed by atoms with Gasteiger partial charge in [0.15, 0.2) is 0 Å². The summed E-state index contributed by atoms with van der Waals surface area (Å²) in [4.78, 5) is 0. The molecule has 19 heavy (non-hydrogen) atoms. The highest BCUT2D eigenvalue weighted by molar-refractivity contribution is 6.31. The second-order valence-electron chi connectivity index (χ2n) is 6.79. The van der Waals surface area contributed by atoms with Crippen molar-refractivity contribution in [1.82, 2.24) is 5.32 Å². The van der Waals surface area contributed by atoms with Crippen molar-refractivity contribution in [3.05, 3.63) is 34.6 Å². The molecule has 1 atom stereocenters. The first-order valence-electron chi connectivity index (χ1n) is 6.86. The van der Waals surface area contributed by atoms with Gasteiger partial charge in [0.2, 0.25) is 0 Å². The van der Waals surface area contributed by atoms with Crippen LogP contribution >= 0.6 is 11.6 Å². The van der Waals surface area contributed by atoms with E-state index >= 15 is 0 Å². The summed E-state index contributed by atoms with van der Waals surface area (Å²) in [5, 5.41) is 4.02. The van der Waals surface area contributed by atoms with Gasteiger partial charge in [0.25, 0.3) is 0 Å². The fraction of sp³-hybridized carbons (Fsp3) is 0.625. The molecule has 1 aromatic rings. The minimum atomic E-state index is -0.287. The molecule has 0 saturated heterocycles. The zero-order valence-corrected chi connectivity index (χ0v) is 13.1. The molecule has 0 radical (unpaired) electrons. The molecule has 3 heteroatoms. The highest BCUT2D eigenvalue weighted by atomic mass is 35.5. The Kier molecular flexibility index (Phi) is 3.70. The van der Waals surface area contributed by atoms with Crippen LogP contribution in [-0.2, 0) is 0 Å². The SMILES string of the molecule is CC(NCC1C(C)(C)C1(C)C)c1ccc(F)cc1Cl. The van der Waals surface area contributed by atoms with Gasteiger partial charge in [-0.05, 0) is 47.9 Å². The Bertz CT molecular complexity index is 468. The lowest BCUT2D eigenvalue weighted by Crippen LogP contribution is -2.23. The lowest BCUT2D eigenvalue weighted by molar-refractivity contribution is 0.457. The smallest absolute Gasteiger partial charge is 0.124 e. The van der Waals surface area contributed by atoms with E-state index in [1.807, 2.05) is 0 Å². The third-order valence-corrected chi connectivity index (χ3v) is 5.70. The Balaban J connectivity index is 1.98. The van der Waals surface area contributed by atoms with Crippen LogP contribution in [0.2, 0.25) is 5.02 Å². The normalized spacial score (nSPS) is 22.3. The highest BCUT2D eigenvalue weighted by Crippen LogP contribution is 2.68. The van der Waals surface area contributed by atoms with E-state index in [1.165, 1.54) is 12.1 Å². The Hall–Kier alpha value is -0.600. The summed E-state index contributed by atoms with van der Waals surface area (Å²) < 4.78 is 13.0. The predicted octanol–water partition coefficient (Wildman–Crippen LogP) is 4.81. The van der Waals surface area contributed by atoms with E-state index in [0.29, 0.717) is 21.8 Å². The number of hydrogen-bond acceptors (Lipinski definition) is 1. The van der Waals surface area contributed by atoms with Crippen LogP contribution in [0, 0.1) is 22.6 Å². The minimum Gasteiger partial charge on any atom is -0.310 e. The van der Waals surface area contributed by atoms with Crippen molar-refractivity contribution in [1.29, 1.82) is 0 Å². The molecular formula is C16H23ClFN. The van der Waals surface area contributed by atoms with Crippen LogP contribution in [0.25, 0.3) is 0 Å². The molecular weight excluding hydrogens is 261 g/mol. The molecule has 1 N–H and O–H groups in total. The van der Waals surface area contributed by atoms with Crippen molar-refractivity contribution in [2.75, 3.05) is 6.54 Å². The summed E-state index contributed by atoms with van der Waals surface area (Å²) in [7, 11) is 0. The molecule has 0 spiro atoms. The lowest BCUT2D eigenvalue weighted by Gasteiger charge is -2.16. The maximum atomic E-state index is 13.0. The average molecular weight is 284 g/mol. The topological polar surface area (TPSA) is 12.0 Å². The maximum Gasteiger partial charge on any atom is 0.124 e. The molecule has 1 nitrogen and oxygen atoms in total. The van der Waals surface area contributed by atoms with Crippen molar-refractivity contribution in [2.24, 2.45) is 16.7 Å². The van der Waals surface area contributed by atoms with Crippen LogP contribution in [0.4, 0.5) is 4.39 Å². The summed E-state index contributed by atoms with van der Waals surface area (Å²) in [5.74, 6) is 0.382. The Labute approximate surface area is 120 Å². The molecule has 1 aromatic carbocycles. The molecule has 1 saturated carbocycles. The molecule has 0 aliphatic heterocycles. The molecule has 0 amide bonds. The van der Waals surface area contributed by atoms with Crippen LogP contribution < -0.4 is 5.32 Å². The van der Waals surface area contributed by atoms with Gasteiger partial charge < -0.3 is 5.32 Å². The van der Waals surface area contributed by atoms with Crippen molar-refractivity contribution in [2.45, 2.75) is 40.7 Å². The molecule has 0 aromatic heterocycles. The lowest BCUT2D eigenvalue weighted by atomic mass is 10.0. The van der Waals surface area contributed by atoms with E-state index in [4.69, 9.17) is 11.6 Å². The van der Waals surface area contributed by atoms with Crippen molar-refractivity contribution >= 4 is 11.6 Å². The van der Waals surface area contributed by atoms with Gasteiger partial charge in [-0.15, -0.1) is 0 Å². The minimum absolute atomic E-state index is 0.139. The summed E-state index contributed by atoms with van der Waals surface area (Å²) in [5.41, 5.74) is 1.72. The van der Waals surface area contributed by atoms with Gasteiger partial charge in [0, 0.05) is 11.1 Å². The van der Waals surface area contributed by atoms with E-state index in [2.05, 4.69) is 39.9 Å². The largest absolute Gasteiger partial charge is 0.310 e. The first kappa shape index (κ1) is 14.8. The molecule has 1 fully saturated rings. The molecule has 2 rings (SSSR count). The summed E-state index contributed by atoms with van der Waals surface area (Å²) in [6, 6.07) is 4.74. The van der Waals surface area contributed by atoms with E-state index in [0.717, 1.165) is 12.1 Å². The molecule has 1 aliphatic carbocycles. The molecule has 0 heterocycles. The Morgan fingerprint density at radius 3 is 2.32 bits per heavy atom. The maximum absolute atomic E-state index is 13.0. The van der Waals surface area contributed by atoms with Crippen LogP contribution in [0.3, 0.4) is 0 Å². The number of nitrogens with one attached hydrogen (secondary N) is 1. The van der Waals surface area contributed by atoms with Crippen LogP contribution in [0.1, 0.15) is 46.2 Å². The molecule has 1 aliphatic rings. The summed E-state index contributed by atoms with van der Waals surface area (Å²) in [6.45, 7) is 12.3. The number of benzene rings is 1. The fourth-order valence-corrected chi connectivity index (χ4v) is 3.43. The number of halogens is 2. The average Bonchev–Trinajstić information content (AvgIpc) is 2.66. The van der Waals surface area contributed by atoms with Gasteiger partial charge in [0.1, 0.15) is 5.82 Å². The second kappa shape index (κ2) is 4.75. The first-order chi connectivity index (χ1) is 8.68. The van der Waals surface area contributed by atoms with Gasteiger partial charge in [-0.3, -0.25) is 0 Å².